The Kier molecular flexibility index (Phi) is 6.22. The SMILES string of the molecule is CCOC(=O)CC(=O)Nc1ccccc1C(=O)OCC. The Labute approximate surface area is 117 Å². The van der Waals surface area contributed by atoms with Crippen molar-refractivity contribution in [3.8, 4) is 0 Å². The van der Waals surface area contributed by atoms with Gasteiger partial charge in [0.05, 0.1) is 24.5 Å². The summed E-state index contributed by atoms with van der Waals surface area (Å²) in [5.41, 5.74) is 0.548. The minimum Gasteiger partial charge on any atom is -0.466 e. The number of nitrogens with one attached hydrogen (secondary N) is 1. The third kappa shape index (κ3) is 4.72. The first-order valence-corrected chi connectivity index (χ1v) is 6.30. The molecule has 108 valence electrons. The lowest BCUT2D eigenvalue weighted by molar-refractivity contribution is -0.145. The second-order valence-electron chi connectivity index (χ2n) is 3.80. The molecule has 0 aliphatic carbocycles. The van der Waals surface area contributed by atoms with E-state index >= 15 is 0 Å². The van der Waals surface area contributed by atoms with Crippen LogP contribution in [0.15, 0.2) is 24.3 Å². The van der Waals surface area contributed by atoms with Crippen molar-refractivity contribution in [1.29, 1.82) is 0 Å². The van der Waals surface area contributed by atoms with Gasteiger partial charge in [-0.05, 0) is 26.0 Å². The molecule has 0 atom stereocenters. The van der Waals surface area contributed by atoms with Crippen LogP contribution in [0.4, 0.5) is 5.69 Å². The van der Waals surface area contributed by atoms with E-state index in [1.807, 2.05) is 0 Å². The van der Waals surface area contributed by atoms with E-state index in [2.05, 4.69) is 10.1 Å². The molecule has 1 aromatic rings. The highest BCUT2D eigenvalue weighted by Gasteiger charge is 2.16. The van der Waals surface area contributed by atoms with Crippen LogP contribution in [0.3, 0.4) is 0 Å². The van der Waals surface area contributed by atoms with E-state index in [0.717, 1.165) is 0 Å². The van der Waals surface area contributed by atoms with Gasteiger partial charge in [0.1, 0.15) is 6.42 Å². The maximum Gasteiger partial charge on any atom is 0.340 e. The lowest BCUT2D eigenvalue weighted by atomic mass is 10.1. The van der Waals surface area contributed by atoms with Gasteiger partial charge < -0.3 is 14.8 Å². The third-order valence-electron chi connectivity index (χ3n) is 2.31. The van der Waals surface area contributed by atoms with E-state index < -0.39 is 24.3 Å². The molecule has 0 heterocycles. The van der Waals surface area contributed by atoms with Crippen LogP contribution in [-0.4, -0.2) is 31.1 Å². The molecule has 1 N–H and O–H groups in total. The fourth-order valence-corrected chi connectivity index (χ4v) is 1.52. The quantitative estimate of drug-likeness (QED) is 0.633. The topological polar surface area (TPSA) is 81.7 Å². The van der Waals surface area contributed by atoms with Gasteiger partial charge in [0.15, 0.2) is 0 Å². The zero-order chi connectivity index (χ0) is 15.0. The zero-order valence-electron chi connectivity index (χ0n) is 11.5. The van der Waals surface area contributed by atoms with Crippen LogP contribution in [0.2, 0.25) is 0 Å². The van der Waals surface area contributed by atoms with Gasteiger partial charge in [-0.15, -0.1) is 0 Å². The van der Waals surface area contributed by atoms with Crippen LogP contribution in [0, 0.1) is 0 Å². The Balaban J connectivity index is 2.74. The summed E-state index contributed by atoms with van der Waals surface area (Å²) in [7, 11) is 0. The fraction of sp³-hybridized carbons (Fsp3) is 0.357. The Morgan fingerprint density at radius 2 is 1.70 bits per heavy atom. The van der Waals surface area contributed by atoms with Gasteiger partial charge in [-0.2, -0.15) is 0 Å². The minimum absolute atomic E-state index is 0.214. The predicted octanol–water partition coefficient (Wildman–Crippen LogP) is 1.75. The number of hydrogen-bond acceptors (Lipinski definition) is 5. The van der Waals surface area contributed by atoms with Crippen molar-refractivity contribution in [3.63, 3.8) is 0 Å². The fourth-order valence-electron chi connectivity index (χ4n) is 1.52. The maximum absolute atomic E-state index is 11.7. The summed E-state index contributed by atoms with van der Waals surface area (Å²) < 4.78 is 9.56. The van der Waals surface area contributed by atoms with E-state index in [-0.39, 0.29) is 18.8 Å². The summed E-state index contributed by atoms with van der Waals surface area (Å²) >= 11 is 0. The number of esters is 2. The van der Waals surface area contributed by atoms with E-state index in [1.165, 1.54) is 6.07 Å². The highest BCUT2D eigenvalue weighted by Crippen LogP contribution is 2.16. The summed E-state index contributed by atoms with van der Waals surface area (Å²) in [5.74, 6) is -1.68. The smallest absolute Gasteiger partial charge is 0.340 e. The van der Waals surface area contributed by atoms with Gasteiger partial charge >= 0.3 is 11.9 Å². The van der Waals surface area contributed by atoms with Crippen molar-refractivity contribution in [2.24, 2.45) is 0 Å². The minimum atomic E-state index is -0.612. The number of benzene rings is 1. The first kappa shape index (κ1) is 15.7. The van der Waals surface area contributed by atoms with Gasteiger partial charge in [-0.1, -0.05) is 12.1 Å². The third-order valence-corrected chi connectivity index (χ3v) is 2.31. The molecule has 1 amide bonds. The molecule has 20 heavy (non-hydrogen) atoms. The molecule has 1 rings (SSSR count). The molecule has 0 aliphatic rings. The number of amides is 1. The van der Waals surface area contributed by atoms with Crippen LogP contribution < -0.4 is 5.32 Å². The monoisotopic (exact) mass is 279 g/mol. The van der Waals surface area contributed by atoms with Gasteiger partial charge in [0, 0.05) is 0 Å². The molecular formula is C14H17NO5. The number of rotatable bonds is 6. The number of carbonyl (C=O) groups excluding carboxylic acids is 3. The van der Waals surface area contributed by atoms with E-state index in [9.17, 15) is 14.4 Å². The molecule has 6 nitrogen and oxygen atoms in total. The van der Waals surface area contributed by atoms with E-state index in [1.54, 1.807) is 32.0 Å². The van der Waals surface area contributed by atoms with Crippen LogP contribution in [-0.2, 0) is 19.1 Å². The molecule has 0 aromatic heterocycles. The number of para-hydroxylation sites is 1. The van der Waals surface area contributed by atoms with E-state index in [0.29, 0.717) is 5.69 Å². The Bertz CT molecular complexity index is 498. The highest BCUT2D eigenvalue weighted by molar-refractivity contribution is 6.05. The lowest BCUT2D eigenvalue weighted by Crippen LogP contribution is -2.20. The van der Waals surface area contributed by atoms with Crippen LogP contribution >= 0.6 is 0 Å². The molecule has 1 aromatic carbocycles. The summed E-state index contributed by atoms with van der Waals surface area (Å²) in [6.07, 6.45) is -0.398. The molecular weight excluding hydrogens is 262 g/mol. The molecule has 0 saturated carbocycles. The predicted molar refractivity (Wildman–Crippen MR) is 72.3 cm³/mol. The number of anilines is 1. The summed E-state index contributed by atoms with van der Waals surface area (Å²) in [6, 6.07) is 6.43. The average Bonchev–Trinajstić information content (AvgIpc) is 2.39. The highest BCUT2D eigenvalue weighted by atomic mass is 16.5. The normalized spacial score (nSPS) is 9.70. The first-order valence-electron chi connectivity index (χ1n) is 6.30. The van der Waals surface area contributed by atoms with Crippen LogP contribution in [0.1, 0.15) is 30.6 Å². The van der Waals surface area contributed by atoms with Crippen molar-refractivity contribution in [2.45, 2.75) is 20.3 Å². The maximum atomic E-state index is 11.7. The van der Waals surface area contributed by atoms with Crippen molar-refractivity contribution in [2.75, 3.05) is 18.5 Å². The van der Waals surface area contributed by atoms with Crippen LogP contribution in [0.5, 0.6) is 0 Å². The van der Waals surface area contributed by atoms with Crippen molar-refractivity contribution in [1.82, 2.24) is 0 Å². The summed E-state index contributed by atoms with van der Waals surface area (Å²) in [5, 5.41) is 2.50. The van der Waals surface area contributed by atoms with E-state index in [4.69, 9.17) is 4.74 Å². The number of ether oxygens (including phenoxy) is 2. The molecule has 6 heteroatoms. The van der Waals surface area contributed by atoms with Crippen molar-refractivity contribution < 1.29 is 23.9 Å². The molecule has 0 bridgehead atoms. The van der Waals surface area contributed by atoms with Gasteiger partial charge in [-0.25, -0.2) is 4.79 Å². The van der Waals surface area contributed by atoms with Crippen LogP contribution in [0.25, 0.3) is 0 Å². The average molecular weight is 279 g/mol. The van der Waals surface area contributed by atoms with Crippen molar-refractivity contribution >= 4 is 23.5 Å². The summed E-state index contributed by atoms with van der Waals surface area (Å²) in [4.78, 5) is 34.6. The standard InChI is InChI=1S/C14H17NO5/c1-3-19-13(17)9-12(16)15-11-8-6-5-7-10(11)14(18)20-4-2/h5-8H,3-4,9H2,1-2H3,(H,15,16). The molecule has 0 spiro atoms. The summed E-state index contributed by atoms with van der Waals surface area (Å²) in [6.45, 7) is 3.81. The van der Waals surface area contributed by atoms with Crippen molar-refractivity contribution in [3.05, 3.63) is 29.8 Å². The Morgan fingerprint density at radius 1 is 1.05 bits per heavy atom. The number of carbonyl (C=O) groups is 3. The Hall–Kier alpha value is -2.37. The molecule has 0 saturated heterocycles. The largest absolute Gasteiger partial charge is 0.466 e. The second-order valence-corrected chi connectivity index (χ2v) is 3.80. The molecule has 0 unspecified atom stereocenters. The Morgan fingerprint density at radius 3 is 2.35 bits per heavy atom. The molecule has 0 radical (unpaired) electrons. The second kappa shape index (κ2) is 7.93. The van der Waals surface area contributed by atoms with Gasteiger partial charge in [0.25, 0.3) is 0 Å². The molecule has 0 aliphatic heterocycles. The lowest BCUT2D eigenvalue weighted by Gasteiger charge is -2.10. The first-order chi connectivity index (χ1) is 9.58. The van der Waals surface area contributed by atoms with Gasteiger partial charge in [0.2, 0.25) is 5.91 Å². The number of hydrogen-bond donors (Lipinski definition) is 1. The zero-order valence-corrected chi connectivity index (χ0v) is 11.5. The van der Waals surface area contributed by atoms with Gasteiger partial charge in [-0.3, -0.25) is 9.59 Å². The molecule has 0 fully saturated rings.